The predicted molar refractivity (Wildman–Crippen MR) is 106 cm³/mol. The molecule has 4 nitrogen and oxygen atoms in total. The molecular weight excluding hydrogens is 378 g/mol. The average molecular weight is 413 g/mol. The number of hydrogen-bond acceptors (Lipinski definition) is 2. The Morgan fingerprint density at radius 2 is 2.32 bits per heavy atom. The zero-order chi connectivity index (χ0) is 27.2. The zero-order valence-electron chi connectivity index (χ0n) is 24.5. The van der Waals surface area contributed by atoms with E-state index in [0.29, 0.717) is 17.6 Å². The van der Waals surface area contributed by atoms with Crippen molar-refractivity contribution in [3.05, 3.63) is 40.0 Å². The molecule has 0 saturated heterocycles. The Morgan fingerprint density at radius 3 is 3.08 bits per heavy atom. The molecule has 2 atom stereocenters. The fourth-order valence-electron chi connectivity index (χ4n) is 3.81. The number of halogens is 1. The van der Waals surface area contributed by atoms with Gasteiger partial charge in [0.1, 0.15) is 0 Å². The first-order valence-electron chi connectivity index (χ1n) is 13.4. The summed E-state index contributed by atoms with van der Waals surface area (Å²) in [5, 5.41) is 0.856. The van der Waals surface area contributed by atoms with Crippen molar-refractivity contribution in [3.8, 4) is 0 Å². The van der Waals surface area contributed by atoms with Crippen LogP contribution < -0.4 is 0 Å². The van der Waals surface area contributed by atoms with E-state index >= 15 is 0 Å². The molecule has 4 rings (SSSR count). The highest BCUT2D eigenvalue weighted by Gasteiger charge is 2.37. The summed E-state index contributed by atoms with van der Waals surface area (Å²) in [7, 11) is 1.70. The van der Waals surface area contributed by atoms with E-state index in [2.05, 4.69) is 20.9 Å². The van der Waals surface area contributed by atoms with Crippen molar-refractivity contribution in [2.45, 2.75) is 26.2 Å². The molecule has 25 heavy (non-hydrogen) atoms. The van der Waals surface area contributed by atoms with E-state index in [9.17, 15) is 4.79 Å². The Bertz CT molecular complexity index is 1240. The van der Waals surface area contributed by atoms with Gasteiger partial charge >= 0.3 is 0 Å². The lowest BCUT2D eigenvalue weighted by Gasteiger charge is -2.40. The molecule has 0 saturated carbocycles. The standard InChI is InChI=1S/C20H24BrN3O/c1-4-24(5-2)20(25)12-9-14-13-7-6-8-16-18(13)15(19(21)22-16)10-17(14)23(3)11-12/h6-9,12,17,22H,4-5,10-11H2,1-3H3/t12-,17-/m1/s1/i1D3,2D3,4D2,5D2,9D. The number of nitrogens with zero attached hydrogens (tertiary/aromatic N) is 2. The van der Waals surface area contributed by atoms with Crippen LogP contribution in [0.3, 0.4) is 0 Å². The fraction of sp³-hybridized carbons (Fsp3) is 0.450. The van der Waals surface area contributed by atoms with Crippen molar-refractivity contribution in [2.24, 2.45) is 5.92 Å². The highest BCUT2D eigenvalue weighted by atomic mass is 79.9. The van der Waals surface area contributed by atoms with Crippen molar-refractivity contribution in [1.82, 2.24) is 14.8 Å². The van der Waals surface area contributed by atoms with Crippen molar-refractivity contribution in [2.75, 3.05) is 26.6 Å². The molecule has 0 spiro atoms. The number of carbonyl (C=O) groups excluding carboxylic acids is 1. The van der Waals surface area contributed by atoms with Gasteiger partial charge in [-0.05, 0) is 65.9 Å². The van der Waals surface area contributed by atoms with E-state index in [0.717, 1.165) is 21.1 Å². The first kappa shape index (κ1) is 8.40. The second kappa shape index (κ2) is 6.29. The number of carbonyl (C=O) groups is 1. The summed E-state index contributed by atoms with van der Waals surface area (Å²) < 4.78 is 87.8. The number of rotatable bonds is 3. The molecule has 1 amide bonds. The molecule has 0 unspecified atom stereocenters. The van der Waals surface area contributed by atoms with E-state index in [1.165, 1.54) is 0 Å². The van der Waals surface area contributed by atoms with Crippen molar-refractivity contribution < 1.29 is 19.9 Å². The molecule has 1 aliphatic carbocycles. The molecule has 5 heteroatoms. The number of H-pyrrole nitrogens is 1. The number of amides is 1. The first-order chi connectivity index (χ1) is 16.3. The third-order valence-electron chi connectivity index (χ3n) is 4.97. The number of hydrogen-bond donors (Lipinski definition) is 1. The van der Waals surface area contributed by atoms with Crippen LogP contribution in [0.15, 0.2) is 28.9 Å². The first-order valence-corrected chi connectivity index (χ1v) is 8.66. The van der Waals surface area contributed by atoms with E-state index in [4.69, 9.17) is 15.1 Å². The maximum atomic E-state index is 13.8. The smallest absolute Gasteiger partial charge is 0.230 e. The highest BCUT2D eigenvalue weighted by molar-refractivity contribution is 9.10. The maximum absolute atomic E-state index is 13.8. The summed E-state index contributed by atoms with van der Waals surface area (Å²) in [5.74, 6) is -2.90. The third kappa shape index (κ3) is 2.56. The number of fused-ring (bicyclic) bond motifs is 2. The van der Waals surface area contributed by atoms with Gasteiger partial charge in [-0.3, -0.25) is 9.69 Å². The number of benzene rings is 1. The van der Waals surface area contributed by atoms with Crippen LogP contribution in [0.2, 0.25) is 0 Å². The Hall–Kier alpha value is -1.59. The van der Waals surface area contributed by atoms with Gasteiger partial charge in [-0.25, -0.2) is 0 Å². The molecule has 1 aromatic carbocycles. The van der Waals surface area contributed by atoms with Gasteiger partial charge in [0, 0.05) is 50.2 Å². The summed E-state index contributed by atoms with van der Waals surface area (Å²) in [5.41, 5.74) is 2.97. The average Bonchev–Trinajstić information content (AvgIpc) is 3.05. The zero-order valence-corrected chi connectivity index (χ0v) is 15.1. The Morgan fingerprint density at radius 1 is 1.52 bits per heavy atom. The summed E-state index contributed by atoms with van der Waals surface area (Å²) >= 11 is 3.54. The minimum absolute atomic E-state index is 0.149. The summed E-state index contributed by atoms with van der Waals surface area (Å²) in [6, 6.07) is 4.91. The lowest BCUT2D eigenvalue weighted by molar-refractivity contribution is -0.134. The van der Waals surface area contributed by atoms with Crippen LogP contribution in [-0.2, 0) is 11.2 Å². The van der Waals surface area contributed by atoms with Gasteiger partial charge in [-0.2, -0.15) is 0 Å². The van der Waals surface area contributed by atoms with Crippen LogP contribution in [0, 0.1) is 5.92 Å². The van der Waals surface area contributed by atoms with E-state index in [-0.39, 0.29) is 23.5 Å². The lowest BCUT2D eigenvalue weighted by atomic mass is 9.79. The Kier molecular flexibility index (Phi) is 2.11. The molecule has 2 heterocycles. The molecule has 2 aromatic rings. The minimum atomic E-state index is -3.66. The largest absolute Gasteiger partial charge is 0.349 e. The number of likely N-dealkylation sites (N-methyl/N-ethyl adjacent to an activating group) is 1. The molecule has 1 N–H and O–H groups in total. The van der Waals surface area contributed by atoms with Gasteiger partial charge in [-0.15, -0.1) is 0 Å². The van der Waals surface area contributed by atoms with Gasteiger partial charge < -0.3 is 9.88 Å². The van der Waals surface area contributed by atoms with Crippen molar-refractivity contribution >= 4 is 38.3 Å². The van der Waals surface area contributed by atoms with Crippen LogP contribution >= 0.6 is 15.9 Å². The van der Waals surface area contributed by atoms with Gasteiger partial charge in [0.25, 0.3) is 0 Å². The van der Waals surface area contributed by atoms with Crippen LogP contribution in [0.4, 0.5) is 0 Å². The van der Waals surface area contributed by atoms with Crippen LogP contribution in [0.5, 0.6) is 0 Å². The lowest BCUT2D eigenvalue weighted by Crippen LogP contribution is -2.47. The number of aromatic nitrogens is 1. The Labute approximate surface area is 172 Å². The van der Waals surface area contributed by atoms with Gasteiger partial charge in [0.05, 0.1) is 11.9 Å². The van der Waals surface area contributed by atoms with Gasteiger partial charge in [0.15, 0.2) is 0 Å². The summed E-state index contributed by atoms with van der Waals surface area (Å²) in [6.07, 6.45) is 0.503. The fourth-order valence-corrected chi connectivity index (χ4v) is 4.38. The highest BCUT2D eigenvalue weighted by Crippen LogP contribution is 2.43. The van der Waals surface area contributed by atoms with Crippen molar-refractivity contribution in [1.29, 1.82) is 0 Å². The Balaban J connectivity index is 1.91. The maximum Gasteiger partial charge on any atom is 0.230 e. The third-order valence-corrected chi connectivity index (χ3v) is 5.65. The second-order valence-corrected chi connectivity index (χ2v) is 7.11. The minimum Gasteiger partial charge on any atom is -0.349 e. The SMILES string of the molecule is [2H]C1=C2c3cccc4[nH]c(Br)c(c34)C[C@H]2N(C)C[C@@H]1C(=O)N(C([2H])([2H])C([2H])([2H])[2H])C([2H])([2H])C([2H])([2H])[2H]. The monoisotopic (exact) mass is 412 g/mol. The van der Waals surface area contributed by atoms with Gasteiger partial charge in [0.2, 0.25) is 5.91 Å². The molecule has 0 radical (unpaired) electrons. The topological polar surface area (TPSA) is 39.3 Å². The summed E-state index contributed by atoms with van der Waals surface area (Å²) in [6.45, 7) is -14.6. The molecule has 2 aliphatic rings. The van der Waals surface area contributed by atoms with Crippen LogP contribution in [-0.4, -0.2) is 53.3 Å². The molecular formula is C20H24BrN3O. The molecule has 132 valence electrons. The number of aromatic amines is 1. The number of nitrogens with one attached hydrogen (secondary N) is 1. The summed E-state index contributed by atoms with van der Waals surface area (Å²) in [4.78, 5) is 18.4. The van der Waals surface area contributed by atoms with E-state index in [1.54, 1.807) is 24.1 Å². The molecule has 1 aliphatic heterocycles. The van der Waals surface area contributed by atoms with E-state index in [1.807, 2.05) is 6.07 Å². The molecule has 0 bridgehead atoms. The van der Waals surface area contributed by atoms with Crippen molar-refractivity contribution in [3.63, 3.8) is 0 Å². The van der Waals surface area contributed by atoms with Crippen LogP contribution in [0.1, 0.15) is 39.9 Å². The quantitative estimate of drug-likeness (QED) is 0.834. The molecule has 1 aromatic heterocycles. The molecule has 0 fully saturated rings. The second-order valence-electron chi connectivity index (χ2n) is 6.31. The van der Waals surface area contributed by atoms with Gasteiger partial charge in [-0.1, -0.05) is 18.2 Å². The predicted octanol–water partition coefficient (Wildman–Crippen LogP) is 3.67. The van der Waals surface area contributed by atoms with E-state index < -0.39 is 38.5 Å². The van der Waals surface area contributed by atoms with Crippen LogP contribution in [0.25, 0.3) is 16.5 Å². The normalized spacial score (nSPS) is 31.7.